The summed E-state index contributed by atoms with van der Waals surface area (Å²) in [4.78, 5) is 23.2. The van der Waals surface area contributed by atoms with Gasteiger partial charge < -0.3 is 9.47 Å². The third-order valence-corrected chi connectivity index (χ3v) is 3.27. The monoisotopic (exact) mass is 298 g/mol. The van der Waals surface area contributed by atoms with Crippen molar-refractivity contribution in [2.75, 3.05) is 13.7 Å². The highest BCUT2D eigenvalue weighted by molar-refractivity contribution is 5.98. The lowest BCUT2D eigenvalue weighted by atomic mass is 10.0. The average Bonchev–Trinajstić information content (AvgIpc) is 2.55. The fraction of sp³-hybridized carbons (Fsp3) is 0.222. The lowest BCUT2D eigenvalue weighted by molar-refractivity contribution is 0.0959. The number of carbonyl (C=O) groups is 2. The highest BCUT2D eigenvalue weighted by Crippen LogP contribution is 2.17. The molecule has 0 aliphatic rings. The van der Waals surface area contributed by atoms with E-state index in [0.717, 1.165) is 5.75 Å². The number of hydrogen-bond donors (Lipinski definition) is 0. The molecule has 0 spiro atoms. The number of ketones is 2. The van der Waals surface area contributed by atoms with E-state index in [1.165, 1.54) is 6.92 Å². The summed E-state index contributed by atoms with van der Waals surface area (Å²) in [5.41, 5.74) is 1.19. The molecule has 0 aromatic heterocycles. The molecule has 114 valence electrons. The molecular weight excluding hydrogens is 280 g/mol. The first-order chi connectivity index (χ1) is 10.6. The maximum atomic E-state index is 12.0. The number of carbonyl (C=O) groups excluding carboxylic acids is 2. The molecule has 0 heterocycles. The lowest BCUT2D eigenvalue weighted by Gasteiger charge is -2.07. The predicted octanol–water partition coefficient (Wildman–Crippen LogP) is 3.55. The molecule has 2 rings (SSSR count). The molecule has 22 heavy (non-hydrogen) atoms. The topological polar surface area (TPSA) is 52.6 Å². The fourth-order valence-corrected chi connectivity index (χ4v) is 1.97. The average molecular weight is 298 g/mol. The van der Waals surface area contributed by atoms with E-state index in [1.807, 2.05) is 0 Å². The highest BCUT2D eigenvalue weighted by Gasteiger charge is 2.07. The summed E-state index contributed by atoms with van der Waals surface area (Å²) in [5, 5.41) is 0. The molecule has 0 amide bonds. The molecule has 0 saturated heterocycles. The molecule has 0 bridgehead atoms. The number of Topliss-reactive ketones (excluding diaryl/α,β-unsaturated/α-hetero) is 2. The van der Waals surface area contributed by atoms with Gasteiger partial charge in [-0.2, -0.15) is 0 Å². The van der Waals surface area contributed by atoms with Crippen molar-refractivity contribution in [1.82, 2.24) is 0 Å². The summed E-state index contributed by atoms with van der Waals surface area (Å²) in [7, 11) is 1.60. The van der Waals surface area contributed by atoms with Crippen LogP contribution in [0.2, 0.25) is 0 Å². The van der Waals surface area contributed by atoms with Gasteiger partial charge in [0.2, 0.25) is 0 Å². The van der Waals surface area contributed by atoms with E-state index in [4.69, 9.17) is 9.47 Å². The van der Waals surface area contributed by atoms with E-state index in [9.17, 15) is 9.59 Å². The van der Waals surface area contributed by atoms with Crippen molar-refractivity contribution in [2.24, 2.45) is 0 Å². The van der Waals surface area contributed by atoms with Gasteiger partial charge in [-0.1, -0.05) is 24.3 Å². The smallest absolute Gasteiger partial charge is 0.166 e. The van der Waals surface area contributed by atoms with Gasteiger partial charge in [-0.05, 0) is 31.2 Å². The Balaban J connectivity index is 1.85. The van der Waals surface area contributed by atoms with Crippen LogP contribution < -0.4 is 9.47 Å². The number of benzene rings is 2. The fourth-order valence-electron chi connectivity index (χ4n) is 1.97. The van der Waals surface area contributed by atoms with E-state index in [0.29, 0.717) is 23.5 Å². The Labute approximate surface area is 129 Å². The molecule has 2 aromatic carbocycles. The van der Waals surface area contributed by atoms with Crippen molar-refractivity contribution in [1.29, 1.82) is 0 Å². The Morgan fingerprint density at radius 3 is 1.95 bits per heavy atom. The second-order valence-corrected chi connectivity index (χ2v) is 4.83. The van der Waals surface area contributed by atoms with Crippen LogP contribution in [0.25, 0.3) is 0 Å². The van der Waals surface area contributed by atoms with Crippen molar-refractivity contribution in [3.63, 3.8) is 0 Å². The summed E-state index contributed by atoms with van der Waals surface area (Å²) in [6.45, 7) is 1.80. The molecule has 2 aromatic rings. The van der Waals surface area contributed by atoms with Gasteiger partial charge in [-0.25, -0.2) is 0 Å². The maximum absolute atomic E-state index is 12.0. The summed E-state index contributed by atoms with van der Waals surface area (Å²) in [6.07, 6.45) is 0.283. The Hall–Kier alpha value is -2.62. The zero-order valence-electron chi connectivity index (χ0n) is 12.7. The minimum Gasteiger partial charge on any atom is -0.497 e. The van der Waals surface area contributed by atoms with Crippen LogP contribution in [-0.2, 0) is 0 Å². The van der Waals surface area contributed by atoms with Crippen molar-refractivity contribution in [3.05, 3.63) is 59.7 Å². The first-order valence-electron chi connectivity index (χ1n) is 7.01. The van der Waals surface area contributed by atoms with Gasteiger partial charge in [0.25, 0.3) is 0 Å². The molecule has 0 radical (unpaired) electrons. The maximum Gasteiger partial charge on any atom is 0.166 e. The van der Waals surface area contributed by atoms with Crippen LogP contribution >= 0.6 is 0 Å². The molecule has 0 saturated carbocycles. The Morgan fingerprint density at radius 1 is 0.864 bits per heavy atom. The van der Waals surface area contributed by atoms with Crippen LogP contribution in [0.5, 0.6) is 11.5 Å². The van der Waals surface area contributed by atoms with E-state index in [2.05, 4.69) is 0 Å². The van der Waals surface area contributed by atoms with Crippen molar-refractivity contribution < 1.29 is 19.1 Å². The second kappa shape index (κ2) is 7.41. The molecule has 0 N–H and O–H groups in total. The van der Waals surface area contributed by atoms with Crippen LogP contribution in [0.1, 0.15) is 34.1 Å². The van der Waals surface area contributed by atoms with Crippen LogP contribution in [0.3, 0.4) is 0 Å². The summed E-state index contributed by atoms with van der Waals surface area (Å²) < 4.78 is 10.6. The molecule has 0 aliphatic carbocycles. The van der Waals surface area contributed by atoms with Gasteiger partial charge in [-0.15, -0.1) is 0 Å². The van der Waals surface area contributed by atoms with Crippen molar-refractivity contribution in [2.45, 2.75) is 13.3 Å². The second-order valence-electron chi connectivity index (χ2n) is 4.83. The molecular formula is C18H18O4. The third kappa shape index (κ3) is 4.19. The molecule has 0 fully saturated rings. The quantitative estimate of drug-likeness (QED) is 0.734. The summed E-state index contributed by atoms with van der Waals surface area (Å²) in [5.74, 6) is 1.43. The van der Waals surface area contributed by atoms with Crippen molar-refractivity contribution >= 4 is 11.6 Å². The molecule has 4 heteroatoms. The SMILES string of the molecule is COc1ccc(OCCC(=O)c2ccc(C(C)=O)cc2)cc1. The van der Waals surface area contributed by atoms with E-state index >= 15 is 0 Å². The predicted molar refractivity (Wildman–Crippen MR) is 83.9 cm³/mol. The lowest BCUT2D eigenvalue weighted by Crippen LogP contribution is -2.07. The number of rotatable bonds is 7. The summed E-state index contributed by atoms with van der Waals surface area (Å²) >= 11 is 0. The minimum absolute atomic E-state index is 0.0105. The number of methoxy groups -OCH3 is 1. The first kappa shape index (κ1) is 15.8. The zero-order valence-corrected chi connectivity index (χ0v) is 12.7. The van der Waals surface area contributed by atoms with Gasteiger partial charge in [0, 0.05) is 17.5 Å². The van der Waals surface area contributed by atoms with E-state index < -0.39 is 0 Å². The van der Waals surface area contributed by atoms with Gasteiger partial charge in [0.15, 0.2) is 11.6 Å². The Morgan fingerprint density at radius 2 is 1.41 bits per heavy atom. The third-order valence-electron chi connectivity index (χ3n) is 3.27. The Kier molecular flexibility index (Phi) is 5.31. The van der Waals surface area contributed by atoms with Gasteiger partial charge in [0.05, 0.1) is 13.7 Å². The van der Waals surface area contributed by atoms with Crippen LogP contribution in [-0.4, -0.2) is 25.3 Å². The molecule has 0 atom stereocenters. The van der Waals surface area contributed by atoms with Crippen molar-refractivity contribution in [3.8, 4) is 11.5 Å². The number of hydrogen-bond acceptors (Lipinski definition) is 4. The zero-order chi connectivity index (χ0) is 15.9. The highest BCUT2D eigenvalue weighted by atomic mass is 16.5. The van der Waals surface area contributed by atoms with Gasteiger partial charge in [-0.3, -0.25) is 9.59 Å². The van der Waals surface area contributed by atoms with Crippen LogP contribution in [0, 0.1) is 0 Å². The molecule has 4 nitrogen and oxygen atoms in total. The minimum atomic E-state index is -0.0122. The Bertz CT molecular complexity index is 642. The first-order valence-corrected chi connectivity index (χ1v) is 7.01. The van der Waals surface area contributed by atoms with Crippen LogP contribution in [0.15, 0.2) is 48.5 Å². The van der Waals surface area contributed by atoms with E-state index in [-0.39, 0.29) is 18.0 Å². The van der Waals surface area contributed by atoms with Crippen LogP contribution in [0.4, 0.5) is 0 Å². The van der Waals surface area contributed by atoms with E-state index in [1.54, 1.807) is 55.6 Å². The largest absolute Gasteiger partial charge is 0.497 e. The number of ether oxygens (including phenoxy) is 2. The molecule has 0 unspecified atom stereocenters. The van der Waals surface area contributed by atoms with Gasteiger partial charge >= 0.3 is 0 Å². The van der Waals surface area contributed by atoms with Gasteiger partial charge in [0.1, 0.15) is 11.5 Å². The molecule has 0 aliphatic heterocycles. The normalized spacial score (nSPS) is 10.1. The standard InChI is InChI=1S/C18H18O4/c1-13(19)14-3-5-15(6-4-14)18(20)11-12-22-17-9-7-16(21-2)8-10-17/h3-10H,11-12H2,1-2H3. The summed E-state index contributed by atoms with van der Waals surface area (Å²) in [6, 6.07) is 13.9.